The summed E-state index contributed by atoms with van der Waals surface area (Å²) in [5.74, 6) is 0.316. The number of amides is 1. The SMILES string of the molecule is CNC(=O)c1ccc(NCc2ccc(Br)cc2Cl)nn1. The zero-order valence-corrected chi connectivity index (χ0v) is 13.0. The summed E-state index contributed by atoms with van der Waals surface area (Å²) in [6.07, 6.45) is 0. The summed E-state index contributed by atoms with van der Waals surface area (Å²) in [5.41, 5.74) is 1.23. The molecule has 0 unspecified atom stereocenters. The monoisotopic (exact) mass is 354 g/mol. The highest BCUT2D eigenvalue weighted by atomic mass is 79.9. The quantitative estimate of drug-likeness (QED) is 0.885. The first-order valence-electron chi connectivity index (χ1n) is 5.84. The Morgan fingerprint density at radius 3 is 2.70 bits per heavy atom. The van der Waals surface area contributed by atoms with E-state index in [1.807, 2.05) is 18.2 Å². The minimum Gasteiger partial charge on any atom is -0.364 e. The third-order valence-corrected chi connectivity index (χ3v) is 3.44. The first-order valence-corrected chi connectivity index (χ1v) is 7.01. The van der Waals surface area contributed by atoms with E-state index < -0.39 is 0 Å². The average molecular weight is 356 g/mol. The molecule has 5 nitrogen and oxygen atoms in total. The van der Waals surface area contributed by atoms with E-state index in [-0.39, 0.29) is 11.6 Å². The van der Waals surface area contributed by atoms with Crippen LogP contribution in [0.2, 0.25) is 5.02 Å². The summed E-state index contributed by atoms with van der Waals surface area (Å²) in [7, 11) is 1.55. The minimum atomic E-state index is -0.264. The summed E-state index contributed by atoms with van der Waals surface area (Å²) in [6.45, 7) is 0.528. The molecule has 0 radical (unpaired) electrons. The van der Waals surface area contributed by atoms with Crippen molar-refractivity contribution in [3.8, 4) is 0 Å². The smallest absolute Gasteiger partial charge is 0.271 e. The van der Waals surface area contributed by atoms with Crippen molar-refractivity contribution in [1.29, 1.82) is 0 Å². The molecule has 2 rings (SSSR count). The second-order valence-electron chi connectivity index (χ2n) is 3.97. The first kappa shape index (κ1) is 14.7. The summed E-state index contributed by atoms with van der Waals surface area (Å²) >= 11 is 9.48. The Balaban J connectivity index is 2.02. The molecule has 7 heteroatoms. The Kier molecular flexibility index (Phi) is 4.92. The maximum absolute atomic E-state index is 11.3. The molecule has 0 aliphatic heterocycles. The van der Waals surface area contributed by atoms with E-state index in [0.717, 1.165) is 10.0 Å². The van der Waals surface area contributed by atoms with E-state index in [1.54, 1.807) is 19.2 Å². The van der Waals surface area contributed by atoms with Crippen molar-refractivity contribution in [1.82, 2.24) is 15.5 Å². The van der Waals surface area contributed by atoms with Gasteiger partial charge in [-0.25, -0.2) is 0 Å². The number of benzene rings is 1. The van der Waals surface area contributed by atoms with Gasteiger partial charge in [0.1, 0.15) is 5.82 Å². The number of halogens is 2. The van der Waals surface area contributed by atoms with Gasteiger partial charge in [-0.15, -0.1) is 10.2 Å². The van der Waals surface area contributed by atoms with Crippen molar-refractivity contribution >= 4 is 39.3 Å². The minimum absolute atomic E-state index is 0.264. The van der Waals surface area contributed by atoms with Crippen LogP contribution in [0.1, 0.15) is 16.1 Å². The van der Waals surface area contributed by atoms with Gasteiger partial charge >= 0.3 is 0 Å². The van der Waals surface area contributed by atoms with Crippen molar-refractivity contribution in [3.63, 3.8) is 0 Å². The fourth-order valence-corrected chi connectivity index (χ4v) is 2.27. The summed E-state index contributed by atoms with van der Waals surface area (Å²) in [5, 5.41) is 14.0. The second-order valence-corrected chi connectivity index (χ2v) is 5.30. The third-order valence-electron chi connectivity index (χ3n) is 2.60. The van der Waals surface area contributed by atoms with Crippen LogP contribution in [-0.2, 0) is 6.54 Å². The van der Waals surface area contributed by atoms with Crippen LogP contribution in [0.3, 0.4) is 0 Å². The molecule has 0 saturated heterocycles. The second kappa shape index (κ2) is 6.67. The lowest BCUT2D eigenvalue weighted by molar-refractivity contribution is 0.0957. The summed E-state index contributed by atoms with van der Waals surface area (Å²) < 4.78 is 0.931. The van der Waals surface area contributed by atoms with Crippen molar-refractivity contribution in [2.45, 2.75) is 6.54 Å². The van der Waals surface area contributed by atoms with E-state index in [4.69, 9.17) is 11.6 Å². The molecule has 1 heterocycles. The summed E-state index contributed by atoms with van der Waals surface area (Å²) in [4.78, 5) is 11.3. The maximum Gasteiger partial charge on any atom is 0.271 e. The topological polar surface area (TPSA) is 66.9 Å². The molecule has 2 N–H and O–H groups in total. The van der Waals surface area contributed by atoms with E-state index in [2.05, 4.69) is 36.8 Å². The number of anilines is 1. The highest BCUT2D eigenvalue weighted by Crippen LogP contribution is 2.21. The van der Waals surface area contributed by atoms with Crippen LogP contribution in [0.4, 0.5) is 5.82 Å². The number of carbonyl (C=O) groups is 1. The lowest BCUT2D eigenvalue weighted by atomic mass is 10.2. The van der Waals surface area contributed by atoms with E-state index in [0.29, 0.717) is 17.4 Å². The van der Waals surface area contributed by atoms with Crippen LogP contribution >= 0.6 is 27.5 Å². The van der Waals surface area contributed by atoms with Crippen LogP contribution in [-0.4, -0.2) is 23.2 Å². The number of nitrogens with one attached hydrogen (secondary N) is 2. The Morgan fingerprint density at radius 1 is 1.30 bits per heavy atom. The number of rotatable bonds is 4. The summed E-state index contributed by atoms with van der Waals surface area (Å²) in [6, 6.07) is 8.98. The van der Waals surface area contributed by atoms with Crippen LogP contribution in [0.25, 0.3) is 0 Å². The number of carbonyl (C=O) groups excluding carboxylic acids is 1. The van der Waals surface area contributed by atoms with Gasteiger partial charge in [-0.2, -0.15) is 0 Å². The molecule has 1 aromatic heterocycles. The fourth-order valence-electron chi connectivity index (χ4n) is 1.53. The van der Waals surface area contributed by atoms with Gasteiger partial charge in [-0.3, -0.25) is 4.79 Å². The average Bonchev–Trinajstić information content (AvgIpc) is 2.46. The Morgan fingerprint density at radius 2 is 2.10 bits per heavy atom. The van der Waals surface area contributed by atoms with Crippen molar-refractivity contribution in [2.75, 3.05) is 12.4 Å². The molecule has 1 amide bonds. The molecular formula is C13H12BrClN4O. The van der Waals surface area contributed by atoms with Gasteiger partial charge in [0.05, 0.1) is 0 Å². The molecule has 1 aromatic carbocycles. The third kappa shape index (κ3) is 3.68. The molecule has 20 heavy (non-hydrogen) atoms. The van der Waals surface area contributed by atoms with Crippen molar-refractivity contribution in [2.24, 2.45) is 0 Å². The van der Waals surface area contributed by atoms with Gasteiger partial charge in [-0.05, 0) is 29.8 Å². The molecule has 0 saturated carbocycles. The van der Waals surface area contributed by atoms with E-state index in [1.165, 1.54) is 0 Å². The molecule has 104 valence electrons. The molecule has 0 atom stereocenters. The van der Waals surface area contributed by atoms with E-state index >= 15 is 0 Å². The molecule has 0 bridgehead atoms. The van der Waals surface area contributed by atoms with Crippen LogP contribution < -0.4 is 10.6 Å². The molecule has 0 aliphatic carbocycles. The van der Waals surface area contributed by atoms with Crippen LogP contribution in [0, 0.1) is 0 Å². The normalized spacial score (nSPS) is 10.2. The highest BCUT2D eigenvalue weighted by Gasteiger charge is 2.06. The van der Waals surface area contributed by atoms with Crippen molar-refractivity contribution in [3.05, 3.63) is 51.1 Å². The molecule has 0 fully saturated rings. The molecule has 2 aromatic rings. The molecule has 0 spiro atoms. The number of aromatic nitrogens is 2. The highest BCUT2D eigenvalue weighted by molar-refractivity contribution is 9.10. The van der Waals surface area contributed by atoms with Gasteiger partial charge in [0.25, 0.3) is 5.91 Å². The maximum atomic E-state index is 11.3. The Hall–Kier alpha value is -1.66. The van der Waals surface area contributed by atoms with Gasteiger partial charge in [-0.1, -0.05) is 33.6 Å². The first-order chi connectivity index (χ1) is 9.60. The zero-order valence-electron chi connectivity index (χ0n) is 10.7. The lowest BCUT2D eigenvalue weighted by Crippen LogP contribution is -2.19. The predicted molar refractivity (Wildman–Crippen MR) is 81.9 cm³/mol. The molecule has 0 aliphatic rings. The predicted octanol–water partition coefficient (Wildman–Crippen LogP) is 2.86. The van der Waals surface area contributed by atoms with Crippen LogP contribution in [0.15, 0.2) is 34.8 Å². The van der Waals surface area contributed by atoms with Gasteiger partial charge < -0.3 is 10.6 Å². The molecular weight excluding hydrogens is 344 g/mol. The largest absolute Gasteiger partial charge is 0.364 e. The van der Waals surface area contributed by atoms with E-state index in [9.17, 15) is 4.79 Å². The van der Waals surface area contributed by atoms with Gasteiger partial charge in [0, 0.05) is 23.1 Å². The number of hydrogen-bond donors (Lipinski definition) is 2. The number of hydrogen-bond acceptors (Lipinski definition) is 4. The zero-order chi connectivity index (χ0) is 14.5. The standard InChI is InChI=1S/C13H12BrClN4O/c1-16-13(20)11-4-5-12(19-18-11)17-7-8-2-3-9(14)6-10(8)15/h2-6H,7H2,1H3,(H,16,20)(H,17,19). The van der Waals surface area contributed by atoms with Crippen molar-refractivity contribution < 1.29 is 4.79 Å². The number of nitrogens with zero attached hydrogens (tertiary/aromatic N) is 2. The Bertz CT molecular complexity index is 618. The lowest BCUT2D eigenvalue weighted by Gasteiger charge is -2.07. The van der Waals surface area contributed by atoms with Gasteiger partial charge in [0.15, 0.2) is 5.69 Å². The van der Waals surface area contributed by atoms with Gasteiger partial charge in [0.2, 0.25) is 0 Å². The Labute approximate surface area is 129 Å². The fraction of sp³-hybridized carbons (Fsp3) is 0.154. The van der Waals surface area contributed by atoms with Crippen LogP contribution in [0.5, 0.6) is 0 Å².